The van der Waals surface area contributed by atoms with Crippen LogP contribution in [0.15, 0.2) is 0 Å². The van der Waals surface area contributed by atoms with Crippen LogP contribution >= 0.6 is 0 Å². The molecule has 0 saturated heterocycles. The fraction of sp³-hybridized carbons (Fsp3) is 0.700. The number of amides is 2. The molecule has 0 spiro atoms. The Hall–Kier alpha value is -2.78. The molecule has 0 aromatic carbocycles. The number of nitrogens with zero attached hydrogens (tertiary/aromatic N) is 6. The van der Waals surface area contributed by atoms with Gasteiger partial charge in [0.1, 0.15) is 11.6 Å². The van der Waals surface area contributed by atoms with E-state index in [0.717, 1.165) is 11.6 Å². The molecule has 0 saturated carbocycles. The van der Waals surface area contributed by atoms with Crippen LogP contribution in [0.4, 0.5) is 0 Å². The van der Waals surface area contributed by atoms with Gasteiger partial charge >= 0.3 is 0 Å². The monoisotopic (exact) mass is 418 g/mol. The topological polar surface area (TPSA) is 120 Å². The lowest BCUT2D eigenvalue weighted by molar-refractivity contribution is -0.133. The predicted molar refractivity (Wildman–Crippen MR) is 112 cm³/mol. The van der Waals surface area contributed by atoms with E-state index in [-0.39, 0.29) is 36.7 Å². The molecule has 0 aliphatic carbocycles. The minimum Gasteiger partial charge on any atom is -0.349 e. The molecule has 2 heterocycles. The highest BCUT2D eigenvalue weighted by Gasteiger charge is 2.27. The molecule has 2 atom stereocenters. The summed E-state index contributed by atoms with van der Waals surface area (Å²) in [5, 5.41) is 22.3. The molecule has 0 radical (unpaired) electrons. The summed E-state index contributed by atoms with van der Waals surface area (Å²) in [6.07, 6.45) is 0. The van der Waals surface area contributed by atoms with Crippen LogP contribution in [0.1, 0.15) is 76.7 Å². The number of nitrogens with one attached hydrogen (secondary N) is 2. The highest BCUT2D eigenvalue weighted by molar-refractivity contribution is 5.87. The number of hydrogen-bond donors (Lipinski definition) is 2. The zero-order valence-corrected chi connectivity index (χ0v) is 19.2. The van der Waals surface area contributed by atoms with Gasteiger partial charge in [0.25, 0.3) is 0 Å². The van der Waals surface area contributed by atoms with Gasteiger partial charge in [-0.2, -0.15) is 0 Å². The molecule has 2 rings (SSSR count). The van der Waals surface area contributed by atoms with Crippen LogP contribution in [0, 0.1) is 11.8 Å². The van der Waals surface area contributed by atoms with E-state index in [1.54, 1.807) is 13.8 Å². The first-order chi connectivity index (χ1) is 14.0. The molecule has 2 aromatic heterocycles. The molecule has 0 bridgehead atoms. The second kappa shape index (κ2) is 9.82. The van der Waals surface area contributed by atoms with E-state index in [2.05, 4.69) is 31.0 Å². The Morgan fingerprint density at radius 1 is 0.700 bits per heavy atom. The quantitative estimate of drug-likeness (QED) is 0.635. The van der Waals surface area contributed by atoms with Crippen molar-refractivity contribution in [2.45, 2.75) is 66.5 Å². The Bertz CT molecular complexity index is 811. The van der Waals surface area contributed by atoms with E-state index in [1.165, 1.54) is 0 Å². The van der Waals surface area contributed by atoms with E-state index in [4.69, 9.17) is 0 Å². The normalized spacial score (nSPS) is 13.5. The van der Waals surface area contributed by atoms with Crippen LogP contribution < -0.4 is 10.6 Å². The summed E-state index contributed by atoms with van der Waals surface area (Å²) in [5.41, 5.74) is 0. The number of rotatable bonds is 9. The maximum Gasteiger partial charge on any atom is 0.223 e. The van der Waals surface area contributed by atoms with Gasteiger partial charge in [0, 0.05) is 37.8 Å². The molecule has 2 N–H and O–H groups in total. The molecular weight excluding hydrogens is 384 g/mol. The largest absolute Gasteiger partial charge is 0.349 e. The molecule has 2 unspecified atom stereocenters. The Labute approximate surface area is 177 Å². The lowest BCUT2D eigenvalue weighted by atomic mass is 9.94. The van der Waals surface area contributed by atoms with Gasteiger partial charge in [-0.1, -0.05) is 41.5 Å². The number of carbonyl (C=O) groups is 2. The third-order valence-corrected chi connectivity index (χ3v) is 5.45. The van der Waals surface area contributed by atoms with Crippen LogP contribution in [0.3, 0.4) is 0 Å². The van der Waals surface area contributed by atoms with Crippen LogP contribution in [-0.2, 0) is 36.8 Å². The average molecular weight is 419 g/mol. The first-order valence-corrected chi connectivity index (χ1v) is 10.4. The van der Waals surface area contributed by atoms with Crippen molar-refractivity contribution < 1.29 is 9.59 Å². The van der Waals surface area contributed by atoms with Crippen molar-refractivity contribution in [3.63, 3.8) is 0 Å². The van der Waals surface area contributed by atoms with Crippen LogP contribution in [0.2, 0.25) is 0 Å². The van der Waals surface area contributed by atoms with Gasteiger partial charge < -0.3 is 19.8 Å². The zero-order chi connectivity index (χ0) is 22.6. The summed E-state index contributed by atoms with van der Waals surface area (Å²) >= 11 is 0. The molecule has 0 aliphatic heterocycles. The van der Waals surface area contributed by atoms with Crippen molar-refractivity contribution in [1.82, 2.24) is 40.2 Å². The highest BCUT2D eigenvalue weighted by atomic mass is 16.2. The minimum atomic E-state index is -0.492. The van der Waals surface area contributed by atoms with E-state index in [1.807, 2.05) is 50.9 Å². The summed E-state index contributed by atoms with van der Waals surface area (Å²) < 4.78 is 3.77. The SMILES string of the molecule is CC(C)c1nnc(CNC(=O)C(C)C(C)C(=O)NCc2nnc(C(C)C)n2C)n1C. The lowest BCUT2D eigenvalue weighted by Crippen LogP contribution is -2.39. The van der Waals surface area contributed by atoms with Gasteiger partial charge in [0.15, 0.2) is 11.6 Å². The summed E-state index contributed by atoms with van der Waals surface area (Å²) in [6, 6.07) is 0. The van der Waals surface area contributed by atoms with Crippen molar-refractivity contribution in [3.8, 4) is 0 Å². The molecule has 2 amide bonds. The van der Waals surface area contributed by atoms with Gasteiger partial charge in [-0.05, 0) is 0 Å². The van der Waals surface area contributed by atoms with Crippen LogP contribution in [-0.4, -0.2) is 41.3 Å². The molecule has 10 nitrogen and oxygen atoms in total. The molecule has 0 fully saturated rings. The van der Waals surface area contributed by atoms with Gasteiger partial charge in [-0.15, -0.1) is 20.4 Å². The number of hydrogen-bond acceptors (Lipinski definition) is 6. The minimum absolute atomic E-state index is 0.201. The van der Waals surface area contributed by atoms with Gasteiger partial charge in [-0.25, -0.2) is 0 Å². The lowest BCUT2D eigenvalue weighted by Gasteiger charge is -2.19. The molecule has 166 valence electrons. The fourth-order valence-corrected chi connectivity index (χ4v) is 3.17. The maximum absolute atomic E-state index is 12.5. The van der Waals surface area contributed by atoms with E-state index < -0.39 is 11.8 Å². The molecule has 10 heteroatoms. The molecular formula is C20H34N8O2. The predicted octanol–water partition coefficient (Wildman–Crippen LogP) is 1.40. The second-order valence-electron chi connectivity index (χ2n) is 8.39. The summed E-state index contributed by atoms with van der Waals surface area (Å²) in [5.74, 6) is 2.20. The van der Waals surface area contributed by atoms with Crippen molar-refractivity contribution in [3.05, 3.63) is 23.3 Å². The zero-order valence-electron chi connectivity index (χ0n) is 19.2. The first kappa shape index (κ1) is 23.5. The van der Waals surface area contributed by atoms with Crippen molar-refractivity contribution >= 4 is 11.8 Å². The van der Waals surface area contributed by atoms with Gasteiger partial charge in [0.05, 0.1) is 13.1 Å². The maximum atomic E-state index is 12.5. The van der Waals surface area contributed by atoms with E-state index in [9.17, 15) is 9.59 Å². The third-order valence-electron chi connectivity index (χ3n) is 5.45. The van der Waals surface area contributed by atoms with Gasteiger partial charge in [0.2, 0.25) is 11.8 Å². The Balaban J connectivity index is 1.88. The van der Waals surface area contributed by atoms with Crippen molar-refractivity contribution in [1.29, 1.82) is 0 Å². The number of aromatic nitrogens is 6. The molecule has 2 aromatic rings. The van der Waals surface area contributed by atoms with Crippen LogP contribution in [0.5, 0.6) is 0 Å². The third kappa shape index (κ3) is 5.22. The van der Waals surface area contributed by atoms with Crippen LogP contribution in [0.25, 0.3) is 0 Å². The highest BCUT2D eigenvalue weighted by Crippen LogP contribution is 2.15. The van der Waals surface area contributed by atoms with Crippen molar-refractivity contribution in [2.24, 2.45) is 25.9 Å². The van der Waals surface area contributed by atoms with Gasteiger partial charge in [-0.3, -0.25) is 9.59 Å². The Morgan fingerprint density at radius 2 is 1.03 bits per heavy atom. The molecule has 0 aliphatic rings. The van der Waals surface area contributed by atoms with E-state index in [0.29, 0.717) is 11.6 Å². The Kier molecular flexibility index (Phi) is 7.69. The van der Waals surface area contributed by atoms with E-state index >= 15 is 0 Å². The fourth-order valence-electron chi connectivity index (χ4n) is 3.17. The summed E-state index contributed by atoms with van der Waals surface area (Å²) in [7, 11) is 3.76. The standard InChI is InChI=1S/C20H34N8O2/c1-11(2)17-25-23-15(27(17)7)9-21-19(29)13(5)14(6)20(30)22-10-16-24-26-18(12(3)4)28(16)8/h11-14H,9-10H2,1-8H3,(H,21,29)(H,22,30). The smallest absolute Gasteiger partial charge is 0.223 e. The Morgan fingerprint density at radius 3 is 1.30 bits per heavy atom. The summed E-state index contributed by atoms with van der Waals surface area (Å²) in [4.78, 5) is 25.1. The number of carbonyl (C=O) groups excluding carboxylic acids is 2. The summed E-state index contributed by atoms with van der Waals surface area (Å²) in [6.45, 7) is 12.2. The first-order valence-electron chi connectivity index (χ1n) is 10.4. The molecule has 30 heavy (non-hydrogen) atoms. The van der Waals surface area contributed by atoms with Crippen molar-refractivity contribution in [2.75, 3.05) is 0 Å². The second-order valence-corrected chi connectivity index (χ2v) is 8.39. The average Bonchev–Trinajstić information content (AvgIpc) is 3.25.